The third-order valence-electron chi connectivity index (χ3n) is 3.64. The minimum absolute atomic E-state index is 0.0640. The largest absolute Gasteiger partial charge is 0.330 e. The summed E-state index contributed by atoms with van der Waals surface area (Å²) in [5, 5.41) is 3.38. The molecule has 2 heterocycles. The number of imidazole rings is 1. The molecule has 1 aliphatic rings. The van der Waals surface area contributed by atoms with Gasteiger partial charge >= 0.3 is 5.69 Å². The number of hydrogen-bond donors (Lipinski definition) is 2. The van der Waals surface area contributed by atoms with Gasteiger partial charge in [-0.2, -0.15) is 0 Å². The SMILES string of the molecule is Cc1c[nH]c(=O)n1-c1ccccc1C1CCNC1. The predicted molar refractivity (Wildman–Crippen MR) is 71.4 cm³/mol. The lowest BCUT2D eigenvalue weighted by Crippen LogP contribution is -2.19. The van der Waals surface area contributed by atoms with Gasteiger partial charge in [-0.15, -0.1) is 0 Å². The van der Waals surface area contributed by atoms with Gasteiger partial charge in [0.2, 0.25) is 0 Å². The van der Waals surface area contributed by atoms with E-state index in [-0.39, 0.29) is 5.69 Å². The maximum absolute atomic E-state index is 11.9. The van der Waals surface area contributed by atoms with Crippen LogP contribution >= 0.6 is 0 Å². The van der Waals surface area contributed by atoms with Crippen LogP contribution in [0.3, 0.4) is 0 Å². The van der Waals surface area contributed by atoms with Crippen LogP contribution in [0.2, 0.25) is 0 Å². The van der Waals surface area contributed by atoms with Crippen LogP contribution in [0.4, 0.5) is 0 Å². The summed E-state index contributed by atoms with van der Waals surface area (Å²) >= 11 is 0. The first kappa shape index (κ1) is 11.3. The molecule has 0 bridgehead atoms. The van der Waals surface area contributed by atoms with Crippen molar-refractivity contribution in [1.29, 1.82) is 0 Å². The fourth-order valence-corrected chi connectivity index (χ4v) is 2.71. The van der Waals surface area contributed by atoms with Gasteiger partial charge in [0.25, 0.3) is 0 Å². The van der Waals surface area contributed by atoms with E-state index in [4.69, 9.17) is 0 Å². The Labute approximate surface area is 106 Å². The Kier molecular flexibility index (Phi) is 2.80. The second-order valence-corrected chi connectivity index (χ2v) is 4.82. The number of benzene rings is 1. The van der Waals surface area contributed by atoms with Gasteiger partial charge in [-0.3, -0.25) is 4.57 Å². The van der Waals surface area contributed by atoms with Crippen molar-refractivity contribution < 1.29 is 0 Å². The molecule has 1 aliphatic heterocycles. The van der Waals surface area contributed by atoms with E-state index in [0.29, 0.717) is 5.92 Å². The number of nitrogens with one attached hydrogen (secondary N) is 2. The molecule has 0 radical (unpaired) electrons. The van der Waals surface area contributed by atoms with Crippen molar-refractivity contribution in [3.63, 3.8) is 0 Å². The summed E-state index contributed by atoms with van der Waals surface area (Å²) in [6.45, 7) is 4.00. The van der Waals surface area contributed by atoms with Crippen molar-refractivity contribution in [3.05, 3.63) is 52.2 Å². The average molecular weight is 243 g/mol. The Hall–Kier alpha value is -1.81. The molecule has 3 rings (SSSR count). The maximum atomic E-state index is 11.9. The topological polar surface area (TPSA) is 49.8 Å². The van der Waals surface area contributed by atoms with E-state index in [1.54, 1.807) is 10.8 Å². The maximum Gasteiger partial charge on any atom is 0.330 e. The number of aromatic amines is 1. The Balaban J connectivity index is 2.15. The van der Waals surface area contributed by atoms with Crippen LogP contribution in [0.25, 0.3) is 5.69 Å². The molecule has 1 saturated heterocycles. The molecule has 1 unspecified atom stereocenters. The zero-order valence-corrected chi connectivity index (χ0v) is 10.4. The molecule has 18 heavy (non-hydrogen) atoms. The highest BCUT2D eigenvalue weighted by atomic mass is 16.1. The predicted octanol–water partition coefficient (Wildman–Crippen LogP) is 1.55. The van der Waals surface area contributed by atoms with Crippen LogP contribution in [-0.2, 0) is 0 Å². The monoisotopic (exact) mass is 243 g/mol. The zero-order valence-electron chi connectivity index (χ0n) is 10.4. The number of para-hydroxylation sites is 1. The molecule has 0 saturated carbocycles. The lowest BCUT2D eigenvalue weighted by Gasteiger charge is -2.15. The molecule has 0 amide bonds. The average Bonchev–Trinajstić information content (AvgIpc) is 3.00. The first-order valence-electron chi connectivity index (χ1n) is 6.34. The van der Waals surface area contributed by atoms with Gasteiger partial charge in [-0.25, -0.2) is 4.79 Å². The Morgan fingerprint density at radius 2 is 2.17 bits per heavy atom. The van der Waals surface area contributed by atoms with Crippen LogP contribution in [0.5, 0.6) is 0 Å². The van der Waals surface area contributed by atoms with Crippen molar-refractivity contribution in [1.82, 2.24) is 14.9 Å². The van der Waals surface area contributed by atoms with Crippen molar-refractivity contribution >= 4 is 0 Å². The number of aryl methyl sites for hydroxylation is 1. The normalized spacial score (nSPS) is 19.3. The van der Waals surface area contributed by atoms with E-state index in [0.717, 1.165) is 30.9 Å². The van der Waals surface area contributed by atoms with Crippen LogP contribution in [0.15, 0.2) is 35.3 Å². The Morgan fingerprint density at radius 3 is 2.83 bits per heavy atom. The number of H-pyrrole nitrogens is 1. The minimum atomic E-state index is -0.0640. The van der Waals surface area contributed by atoms with Crippen LogP contribution < -0.4 is 11.0 Å². The molecule has 2 N–H and O–H groups in total. The zero-order chi connectivity index (χ0) is 12.5. The highest BCUT2D eigenvalue weighted by molar-refractivity contribution is 5.44. The summed E-state index contributed by atoms with van der Waals surface area (Å²) in [7, 11) is 0. The van der Waals surface area contributed by atoms with Gasteiger partial charge in [0, 0.05) is 18.4 Å². The molecule has 1 aromatic carbocycles. The Bertz CT molecular complexity index is 605. The third kappa shape index (κ3) is 1.78. The number of nitrogens with zero attached hydrogens (tertiary/aromatic N) is 1. The fourth-order valence-electron chi connectivity index (χ4n) is 2.71. The van der Waals surface area contributed by atoms with Gasteiger partial charge in [-0.1, -0.05) is 18.2 Å². The first-order valence-corrected chi connectivity index (χ1v) is 6.34. The van der Waals surface area contributed by atoms with E-state index >= 15 is 0 Å². The lowest BCUT2D eigenvalue weighted by molar-refractivity contribution is 0.750. The van der Waals surface area contributed by atoms with Crippen molar-refractivity contribution in [2.45, 2.75) is 19.3 Å². The second-order valence-electron chi connectivity index (χ2n) is 4.82. The molecular weight excluding hydrogens is 226 g/mol. The standard InChI is InChI=1S/C14H17N3O/c1-10-8-16-14(18)17(10)13-5-3-2-4-12(13)11-6-7-15-9-11/h2-5,8,11,15H,6-7,9H2,1H3,(H,16,18). The van der Waals surface area contributed by atoms with E-state index in [2.05, 4.69) is 16.4 Å². The summed E-state index contributed by atoms with van der Waals surface area (Å²) in [5.74, 6) is 0.502. The molecule has 1 fully saturated rings. The van der Waals surface area contributed by atoms with E-state index < -0.39 is 0 Å². The van der Waals surface area contributed by atoms with Crippen molar-refractivity contribution in [2.24, 2.45) is 0 Å². The van der Waals surface area contributed by atoms with Gasteiger partial charge in [0.1, 0.15) is 0 Å². The van der Waals surface area contributed by atoms with Crippen LogP contribution in [-0.4, -0.2) is 22.6 Å². The minimum Gasteiger partial charge on any atom is -0.316 e. The van der Waals surface area contributed by atoms with E-state index in [9.17, 15) is 4.79 Å². The molecule has 0 spiro atoms. The molecular formula is C14H17N3O. The Morgan fingerprint density at radius 1 is 1.33 bits per heavy atom. The number of aromatic nitrogens is 2. The highest BCUT2D eigenvalue weighted by Gasteiger charge is 2.20. The summed E-state index contributed by atoms with van der Waals surface area (Å²) in [5.41, 5.74) is 3.14. The first-order chi connectivity index (χ1) is 8.77. The summed E-state index contributed by atoms with van der Waals surface area (Å²) in [4.78, 5) is 14.6. The van der Waals surface area contributed by atoms with Gasteiger partial charge < -0.3 is 10.3 Å². The molecule has 2 aromatic rings. The smallest absolute Gasteiger partial charge is 0.316 e. The lowest BCUT2D eigenvalue weighted by atomic mass is 9.96. The van der Waals surface area contributed by atoms with Crippen LogP contribution in [0, 0.1) is 6.92 Å². The number of hydrogen-bond acceptors (Lipinski definition) is 2. The van der Waals surface area contributed by atoms with Gasteiger partial charge in [0.05, 0.1) is 5.69 Å². The molecule has 4 heteroatoms. The summed E-state index contributed by atoms with van der Waals surface area (Å²) < 4.78 is 1.76. The third-order valence-corrected chi connectivity index (χ3v) is 3.64. The second kappa shape index (κ2) is 4.46. The highest BCUT2D eigenvalue weighted by Crippen LogP contribution is 2.27. The van der Waals surface area contributed by atoms with Crippen molar-refractivity contribution in [2.75, 3.05) is 13.1 Å². The van der Waals surface area contributed by atoms with Crippen molar-refractivity contribution in [3.8, 4) is 5.69 Å². The molecule has 4 nitrogen and oxygen atoms in total. The molecule has 1 atom stereocenters. The molecule has 1 aromatic heterocycles. The van der Waals surface area contributed by atoms with Crippen LogP contribution in [0.1, 0.15) is 23.6 Å². The fraction of sp³-hybridized carbons (Fsp3) is 0.357. The van der Waals surface area contributed by atoms with Gasteiger partial charge in [-0.05, 0) is 37.4 Å². The van der Waals surface area contributed by atoms with E-state index in [1.807, 2.05) is 25.1 Å². The summed E-state index contributed by atoms with van der Waals surface area (Å²) in [6, 6.07) is 8.19. The molecule has 0 aliphatic carbocycles. The van der Waals surface area contributed by atoms with E-state index in [1.165, 1.54) is 5.56 Å². The van der Waals surface area contributed by atoms with Gasteiger partial charge in [0.15, 0.2) is 0 Å². The quantitative estimate of drug-likeness (QED) is 0.840. The number of rotatable bonds is 2. The molecule has 94 valence electrons. The summed E-state index contributed by atoms with van der Waals surface area (Å²) in [6.07, 6.45) is 2.89.